The highest BCUT2D eigenvalue weighted by Crippen LogP contribution is 2.32. The summed E-state index contributed by atoms with van der Waals surface area (Å²) in [5.41, 5.74) is 6.82. The summed E-state index contributed by atoms with van der Waals surface area (Å²) in [6.07, 6.45) is 8.53. The maximum atomic E-state index is 5.63. The first-order valence-electron chi connectivity index (χ1n) is 6.75. The molecule has 1 aliphatic rings. The molecule has 1 fully saturated rings. The smallest absolute Gasteiger partial charge is 0.205 e. The molecule has 1 heterocycles. The van der Waals surface area contributed by atoms with Crippen LogP contribution in [-0.4, -0.2) is 29.7 Å². The fraction of sp³-hybridized carbons (Fsp3) is 0.769. The number of nitrogens with two attached hydrogens (primary N) is 1. The summed E-state index contributed by atoms with van der Waals surface area (Å²) in [7, 11) is 2.08. The summed E-state index contributed by atoms with van der Waals surface area (Å²) >= 11 is 0. The largest absolute Gasteiger partial charge is 0.344 e. The molecule has 1 aliphatic carbocycles. The Morgan fingerprint density at radius 2 is 2.18 bits per heavy atom. The van der Waals surface area contributed by atoms with Gasteiger partial charge in [0.1, 0.15) is 0 Å². The van der Waals surface area contributed by atoms with Crippen LogP contribution in [0.15, 0.2) is 6.20 Å². The predicted molar refractivity (Wildman–Crippen MR) is 71.4 cm³/mol. The Labute approximate surface area is 104 Å². The highest BCUT2D eigenvalue weighted by molar-refractivity contribution is 5.33. The van der Waals surface area contributed by atoms with Crippen LogP contribution in [-0.2, 0) is 6.42 Å². The molecule has 96 valence electrons. The maximum absolute atomic E-state index is 5.63. The van der Waals surface area contributed by atoms with Crippen molar-refractivity contribution < 1.29 is 0 Å². The van der Waals surface area contributed by atoms with Gasteiger partial charge in [-0.05, 0) is 19.3 Å². The van der Waals surface area contributed by atoms with Crippen LogP contribution < -0.4 is 10.6 Å². The zero-order chi connectivity index (χ0) is 12.3. The number of anilines is 1. The molecule has 0 bridgehead atoms. The Morgan fingerprint density at radius 3 is 2.76 bits per heavy atom. The number of hydrogen-bond donors (Lipinski definition) is 1. The van der Waals surface area contributed by atoms with E-state index < -0.39 is 0 Å². The fourth-order valence-electron chi connectivity index (χ4n) is 2.63. The maximum Gasteiger partial charge on any atom is 0.205 e. The SMILES string of the molecule is CCc1cn(C2CCCC2)c(N(C)CCN)n1. The topological polar surface area (TPSA) is 47.1 Å². The molecule has 0 saturated heterocycles. The van der Waals surface area contributed by atoms with Gasteiger partial charge in [-0.1, -0.05) is 19.8 Å². The molecule has 0 spiro atoms. The molecule has 0 atom stereocenters. The minimum absolute atomic E-state index is 0.651. The first kappa shape index (κ1) is 12.4. The molecule has 2 N–H and O–H groups in total. The highest BCUT2D eigenvalue weighted by Gasteiger charge is 2.21. The van der Waals surface area contributed by atoms with E-state index in [9.17, 15) is 0 Å². The summed E-state index contributed by atoms with van der Waals surface area (Å²) in [5.74, 6) is 1.10. The van der Waals surface area contributed by atoms with E-state index in [1.54, 1.807) is 0 Å². The molecular formula is C13H24N4. The van der Waals surface area contributed by atoms with Crippen molar-refractivity contribution in [1.29, 1.82) is 0 Å². The molecule has 4 nitrogen and oxygen atoms in total. The van der Waals surface area contributed by atoms with Crippen molar-refractivity contribution in [2.45, 2.75) is 45.1 Å². The Bertz CT molecular complexity index is 352. The van der Waals surface area contributed by atoms with Gasteiger partial charge in [-0.2, -0.15) is 0 Å². The molecular weight excluding hydrogens is 212 g/mol. The minimum Gasteiger partial charge on any atom is -0.344 e. The van der Waals surface area contributed by atoms with Gasteiger partial charge in [0.25, 0.3) is 0 Å². The van der Waals surface area contributed by atoms with Gasteiger partial charge in [-0.15, -0.1) is 0 Å². The van der Waals surface area contributed by atoms with Crippen molar-refractivity contribution in [3.8, 4) is 0 Å². The molecule has 0 aromatic carbocycles. The second-order valence-corrected chi connectivity index (χ2v) is 4.94. The number of hydrogen-bond acceptors (Lipinski definition) is 3. The van der Waals surface area contributed by atoms with Crippen molar-refractivity contribution >= 4 is 5.95 Å². The Hall–Kier alpha value is -1.03. The molecule has 1 aromatic heterocycles. The summed E-state index contributed by atoms with van der Waals surface area (Å²) < 4.78 is 2.38. The van der Waals surface area contributed by atoms with Crippen LogP contribution in [0.1, 0.15) is 44.3 Å². The molecule has 17 heavy (non-hydrogen) atoms. The van der Waals surface area contributed by atoms with Crippen molar-refractivity contribution in [3.05, 3.63) is 11.9 Å². The second kappa shape index (κ2) is 5.54. The summed E-state index contributed by atoms with van der Waals surface area (Å²) in [5, 5.41) is 0. The lowest BCUT2D eigenvalue weighted by Crippen LogP contribution is -2.28. The van der Waals surface area contributed by atoms with Gasteiger partial charge in [0.15, 0.2) is 0 Å². The van der Waals surface area contributed by atoms with Crippen molar-refractivity contribution in [3.63, 3.8) is 0 Å². The van der Waals surface area contributed by atoms with Crippen LogP contribution >= 0.6 is 0 Å². The fourth-order valence-corrected chi connectivity index (χ4v) is 2.63. The van der Waals surface area contributed by atoms with Gasteiger partial charge in [-0.25, -0.2) is 4.98 Å². The number of aromatic nitrogens is 2. The van der Waals surface area contributed by atoms with E-state index in [-0.39, 0.29) is 0 Å². The average Bonchev–Trinajstić information content (AvgIpc) is 2.98. The molecule has 1 aromatic rings. The third-order valence-electron chi connectivity index (χ3n) is 3.65. The van der Waals surface area contributed by atoms with Crippen molar-refractivity contribution in [2.24, 2.45) is 5.73 Å². The van der Waals surface area contributed by atoms with E-state index in [0.29, 0.717) is 12.6 Å². The normalized spacial score (nSPS) is 16.6. The van der Waals surface area contributed by atoms with E-state index in [1.807, 2.05) is 0 Å². The third kappa shape index (κ3) is 2.63. The van der Waals surface area contributed by atoms with E-state index in [2.05, 4.69) is 29.6 Å². The van der Waals surface area contributed by atoms with Gasteiger partial charge in [-0.3, -0.25) is 0 Å². The lowest BCUT2D eigenvalue weighted by Gasteiger charge is -2.22. The number of rotatable bonds is 5. The number of likely N-dealkylation sites (N-methyl/N-ethyl adjacent to an activating group) is 1. The van der Waals surface area contributed by atoms with Gasteiger partial charge in [0.2, 0.25) is 5.95 Å². The van der Waals surface area contributed by atoms with Crippen LogP contribution in [0.25, 0.3) is 0 Å². The zero-order valence-corrected chi connectivity index (χ0v) is 11.0. The average molecular weight is 236 g/mol. The first-order chi connectivity index (χ1) is 8.26. The first-order valence-corrected chi connectivity index (χ1v) is 6.75. The van der Waals surface area contributed by atoms with Gasteiger partial charge < -0.3 is 15.2 Å². The molecule has 1 saturated carbocycles. The summed E-state index contributed by atoms with van der Waals surface area (Å²) in [6.45, 7) is 3.70. The Morgan fingerprint density at radius 1 is 1.47 bits per heavy atom. The lowest BCUT2D eigenvalue weighted by molar-refractivity contribution is 0.515. The standard InChI is InChI=1S/C13H24N4/c1-3-11-10-17(12-6-4-5-7-12)13(15-11)16(2)9-8-14/h10,12H,3-9,14H2,1-2H3. The van der Waals surface area contributed by atoms with Crippen molar-refractivity contribution in [1.82, 2.24) is 9.55 Å². The minimum atomic E-state index is 0.651. The number of imidazole rings is 1. The molecule has 0 radical (unpaired) electrons. The molecule has 4 heteroatoms. The van der Waals surface area contributed by atoms with Crippen LogP contribution in [0.5, 0.6) is 0 Å². The van der Waals surface area contributed by atoms with Crippen LogP contribution in [0.2, 0.25) is 0 Å². The highest BCUT2D eigenvalue weighted by atomic mass is 15.3. The van der Waals surface area contributed by atoms with E-state index in [1.165, 1.54) is 31.4 Å². The third-order valence-corrected chi connectivity index (χ3v) is 3.65. The van der Waals surface area contributed by atoms with Gasteiger partial charge >= 0.3 is 0 Å². The number of aryl methyl sites for hydroxylation is 1. The van der Waals surface area contributed by atoms with Crippen LogP contribution in [0.4, 0.5) is 5.95 Å². The summed E-state index contributed by atoms with van der Waals surface area (Å²) in [4.78, 5) is 6.90. The molecule has 2 rings (SSSR count). The van der Waals surface area contributed by atoms with Gasteiger partial charge in [0.05, 0.1) is 5.69 Å². The van der Waals surface area contributed by atoms with E-state index in [0.717, 1.165) is 18.9 Å². The van der Waals surface area contributed by atoms with Gasteiger partial charge in [0, 0.05) is 32.4 Å². The Kier molecular flexibility index (Phi) is 4.05. The Balaban J connectivity index is 2.24. The molecule has 0 unspecified atom stereocenters. The zero-order valence-electron chi connectivity index (χ0n) is 11.0. The lowest BCUT2D eigenvalue weighted by atomic mass is 10.2. The van der Waals surface area contributed by atoms with Crippen LogP contribution in [0.3, 0.4) is 0 Å². The second-order valence-electron chi connectivity index (χ2n) is 4.94. The molecule has 0 aliphatic heterocycles. The molecule has 0 amide bonds. The number of nitrogens with zero attached hydrogens (tertiary/aromatic N) is 3. The predicted octanol–water partition coefficient (Wildman–Crippen LogP) is 1.96. The van der Waals surface area contributed by atoms with E-state index >= 15 is 0 Å². The monoisotopic (exact) mass is 236 g/mol. The quantitative estimate of drug-likeness (QED) is 0.850. The van der Waals surface area contributed by atoms with Crippen molar-refractivity contribution in [2.75, 3.05) is 25.0 Å². The van der Waals surface area contributed by atoms with Crippen LogP contribution in [0, 0.1) is 0 Å². The van der Waals surface area contributed by atoms with E-state index in [4.69, 9.17) is 10.7 Å². The summed E-state index contributed by atoms with van der Waals surface area (Å²) in [6, 6.07) is 0.651.